The van der Waals surface area contributed by atoms with Crippen LogP contribution in [0.4, 0.5) is 4.39 Å². The van der Waals surface area contributed by atoms with Crippen LogP contribution in [0.5, 0.6) is 17.2 Å². The SMILES string of the molecule is COC(=O)c1cc(OC(=O)c2ccc(OC(=O)c3ccc(O)cc3)cc2)ccc1F. The van der Waals surface area contributed by atoms with Gasteiger partial charge in [-0.25, -0.2) is 18.8 Å². The molecule has 152 valence electrons. The molecule has 0 fully saturated rings. The van der Waals surface area contributed by atoms with Crippen molar-refractivity contribution < 1.29 is 38.1 Å². The second-order valence-corrected chi connectivity index (χ2v) is 5.98. The van der Waals surface area contributed by atoms with Crippen molar-refractivity contribution in [3.63, 3.8) is 0 Å². The molecule has 0 bridgehead atoms. The van der Waals surface area contributed by atoms with Gasteiger partial charge in [0.05, 0.1) is 23.8 Å². The van der Waals surface area contributed by atoms with Gasteiger partial charge in [-0.3, -0.25) is 0 Å². The summed E-state index contributed by atoms with van der Waals surface area (Å²) < 4.78 is 28.5. The Hall–Kier alpha value is -4.20. The topological polar surface area (TPSA) is 99.1 Å². The minimum Gasteiger partial charge on any atom is -0.508 e. The molecule has 3 aromatic carbocycles. The summed E-state index contributed by atoms with van der Waals surface area (Å²) >= 11 is 0. The van der Waals surface area contributed by atoms with Crippen LogP contribution in [0, 0.1) is 5.82 Å². The largest absolute Gasteiger partial charge is 0.508 e. The molecule has 3 aromatic rings. The monoisotopic (exact) mass is 410 g/mol. The van der Waals surface area contributed by atoms with Crippen molar-refractivity contribution in [2.24, 2.45) is 0 Å². The Bertz CT molecular complexity index is 1090. The lowest BCUT2D eigenvalue weighted by Crippen LogP contribution is -2.11. The molecular formula is C22H15FO7. The van der Waals surface area contributed by atoms with Crippen LogP contribution in [-0.2, 0) is 4.74 Å². The van der Waals surface area contributed by atoms with Gasteiger partial charge in [-0.2, -0.15) is 0 Å². The number of carbonyl (C=O) groups excluding carboxylic acids is 3. The van der Waals surface area contributed by atoms with Crippen molar-refractivity contribution in [1.82, 2.24) is 0 Å². The van der Waals surface area contributed by atoms with Gasteiger partial charge in [0.1, 0.15) is 23.1 Å². The molecule has 0 aromatic heterocycles. The summed E-state index contributed by atoms with van der Waals surface area (Å²) in [5.41, 5.74) is 0.0247. The minimum atomic E-state index is -0.898. The maximum atomic E-state index is 13.7. The Labute approximate surface area is 170 Å². The molecule has 0 unspecified atom stereocenters. The lowest BCUT2D eigenvalue weighted by atomic mass is 10.2. The molecule has 0 saturated heterocycles. The van der Waals surface area contributed by atoms with Crippen LogP contribution in [0.15, 0.2) is 66.7 Å². The third-order valence-corrected chi connectivity index (χ3v) is 3.96. The molecule has 0 aliphatic carbocycles. The fourth-order valence-electron chi connectivity index (χ4n) is 2.42. The first-order valence-corrected chi connectivity index (χ1v) is 8.58. The number of aromatic hydroxyl groups is 1. The summed E-state index contributed by atoms with van der Waals surface area (Å²) in [7, 11) is 1.11. The van der Waals surface area contributed by atoms with E-state index in [1.54, 1.807) is 0 Å². The molecule has 0 aliphatic rings. The van der Waals surface area contributed by atoms with Crippen molar-refractivity contribution in [1.29, 1.82) is 0 Å². The number of hydrogen-bond acceptors (Lipinski definition) is 7. The zero-order chi connectivity index (χ0) is 21.7. The molecule has 0 aliphatic heterocycles. The van der Waals surface area contributed by atoms with E-state index < -0.39 is 23.7 Å². The number of ether oxygens (including phenoxy) is 3. The number of carbonyl (C=O) groups is 3. The average molecular weight is 410 g/mol. The van der Waals surface area contributed by atoms with Crippen molar-refractivity contribution in [2.45, 2.75) is 0 Å². The summed E-state index contributed by atoms with van der Waals surface area (Å²) in [6.07, 6.45) is 0. The molecule has 8 heteroatoms. The summed E-state index contributed by atoms with van der Waals surface area (Å²) in [4.78, 5) is 35.9. The van der Waals surface area contributed by atoms with E-state index in [2.05, 4.69) is 4.74 Å². The Morgan fingerprint density at radius 1 is 0.733 bits per heavy atom. The molecule has 1 N–H and O–H groups in total. The first-order valence-electron chi connectivity index (χ1n) is 8.58. The Kier molecular flexibility index (Phi) is 6.07. The van der Waals surface area contributed by atoms with E-state index in [1.165, 1.54) is 54.6 Å². The molecule has 0 radical (unpaired) electrons. The fraction of sp³-hybridized carbons (Fsp3) is 0.0455. The second-order valence-electron chi connectivity index (χ2n) is 5.98. The number of esters is 3. The first-order chi connectivity index (χ1) is 14.4. The smallest absolute Gasteiger partial charge is 0.343 e. The number of methoxy groups -OCH3 is 1. The molecule has 3 rings (SSSR count). The maximum absolute atomic E-state index is 13.7. The number of halogens is 1. The Morgan fingerprint density at radius 3 is 1.80 bits per heavy atom. The van der Waals surface area contributed by atoms with Crippen molar-refractivity contribution in [2.75, 3.05) is 7.11 Å². The standard InChI is InChI=1S/C22H15FO7/c1-28-22(27)18-12-17(10-11-19(18)23)30-21(26)14-4-8-16(9-5-14)29-20(25)13-2-6-15(24)7-3-13/h2-12,24H,1H3. The van der Waals surface area contributed by atoms with Crippen LogP contribution in [0.1, 0.15) is 31.1 Å². The molecule has 7 nitrogen and oxygen atoms in total. The number of hydrogen-bond donors (Lipinski definition) is 1. The van der Waals surface area contributed by atoms with E-state index in [4.69, 9.17) is 9.47 Å². The van der Waals surface area contributed by atoms with Crippen LogP contribution in [0.25, 0.3) is 0 Å². The molecule has 0 saturated carbocycles. The van der Waals surface area contributed by atoms with Gasteiger partial charge in [-0.05, 0) is 66.7 Å². The van der Waals surface area contributed by atoms with Crippen LogP contribution in [0.2, 0.25) is 0 Å². The zero-order valence-electron chi connectivity index (χ0n) is 15.6. The fourth-order valence-corrected chi connectivity index (χ4v) is 2.42. The first kappa shape index (κ1) is 20.5. The van der Waals surface area contributed by atoms with E-state index in [9.17, 15) is 23.9 Å². The second kappa shape index (κ2) is 8.87. The highest BCUT2D eigenvalue weighted by molar-refractivity contribution is 5.93. The van der Waals surface area contributed by atoms with E-state index >= 15 is 0 Å². The molecule has 0 spiro atoms. The van der Waals surface area contributed by atoms with E-state index in [1.807, 2.05) is 0 Å². The summed E-state index contributed by atoms with van der Waals surface area (Å²) in [6, 6.07) is 14.4. The van der Waals surface area contributed by atoms with Gasteiger partial charge >= 0.3 is 17.9 Å². The molecule has 30 heavy (non-hydrogen) atoms. The highest BCUT2D eigenvalue weighted by Crippen LogP contribution is 2.20. The molecule has 0 amide bonds. The highest BCUT2D eigenvalue weighted by atomic mass is 19.1. The molecule has 0 atom stereocenters. The predicted octanol–water partition coefficient (Wildman–Crippen LogP) is 3.76. The van der Waals surface area contributed by atoms with Gasteiger partial charge in [-0.1, -0.05) is 0 Å². The van der Waals surface area contributed by atoms with Gasteiger partial charge in [0, 0.05) is 0 Å². The molecule has 0 heterocycles. The van der Waals surface area contributed by atoms with Gasteiger partial charge in [0.2, 0.25) is 0 Å². The zero-order valence-corrected chi connectivity index (χ0v) is 15.6. The normalized spacial score (nSPS) is 10.2. The lowest BCUT2D eigenvalue weighted by molar-refractivity contribution is 0.0591. The predicted molar refractivity (Wildman–Crippen MR) is 102 cm³/mol. The van der Waals surface area contributed by atoms with Crippen LogP contribution in [-0.4, -0.2) is 30.1 Å². The van der Waals surface area contributed by atoms with Crippen molar-refractivity contribution >= 4 is 17.9 Å². The molecular weight excluding hydrogens is 395 g/mol. The number of benzene rings is 3. The number of phenols is 1. The van der Waals surface area contributed by atoms with Crippen molar-refractivity contribution in [3.05, 3.63) is 89.2 Å². The average Bonchev–Trinajstić information content (AvgIpc) is 2.75. The van der Waals surface area contributed by atoms with E-state index in [0.29, 0.717) is 0 Å². The van der Waals surface area contributed by atoms with E-state index in [0.717, 1.165) is 19.2 Å². The van der Waals surface area contributed by atoms with Gasteiger partial charge in [0.15, 0.2) is 0 Å². The lowest BCUT2D eigenvalue weighted by Gasteiger charge is -2.08. The van der Waals surface area contributed by atoms with Gasteiger partial charge < -0.3 is 19.3 Å². The number of rotatable bonds is 5. The quantitative estimate of drug-likeness (QED) is 0.505. The van der Waals surface area contributed by atoms with Gasteiger partial charge in [0.25, 0.3) is 0 Å². The highest BCUT2D eigenvalue weighted by Gasteiger charge is 2.16. The van der Waals surface area contributed by atoms with E-state index in [-0.39, 0.29) is 33.9 Å². The van der Waals surface area contributed by atoms with Crippen LogP contribution >= 0.6 is 0 Å². The maximum Gasteiger partial charge on any atom is 0.343 e. The third-order valence-electron chi connectivity index (χ3n) is 3.96. The van der Waals surface area contributed by atoms with Crippen LogP contribution < -0.4 is 9.47 Å². The van der Waals surface area contributed by atoms with Crippen molar-refractivity contribution in [3.8, 4) is 17.2 Å². The minimum absolute atomic E-state index is 0.0225. The third kappa shape index (κ3) is 4.79. The number of phenolic OH excluding ortho intramolecular Hbond substituents is 1. The summed E-state index contributed by atoms with van der Waals surface area (Å²) in [5, 5.41) is 9.25. The Balaban J connectivity index is 1.67. The van der Waals surface area contributed by atoms with Crippen LogP contribution in [0.3, 0.4) is 0 Å². The van der Waals surface area contributed by atoms with Gasteiger partial charge in [-0.15, -0.1) is 0 Å². The summed E-state index contributed by atoms with van der Waals surface area (Å²) in [6.45, 7) is 0. The summed E-state index contributed by atoms with van der Waals surface area (Å²) in [5.74, 6) is -2.91. The Morgan fingerprint density at radius 2 is 1.23 bits per heavy atom.